The second kappa shape index (κ2) is 3.28. The summed E-state index contributed by atoms with van der Waals surface area (Å²) in [6.45, 7) is 0. The minimum Gasteiger partial charge on any atom is -0.282 e. The van der Waals surface area contributed by atoms with E-state index in [9.17, 15) is 18.0 Å². The highest BCUT2D eigenvalue weighted by Gasteiger charge is 2.38. The van der Waals surface area contributed by atoms with E-state index in [0.29, 0.717) is 0 Å². The average Bonchev–Trinajstić information content (AvgIpc) is 2.29. The van der Waals surface area contributed by atoms with E-state index in [0.717, 1.165) is 10.9 Å². The predicted octanol–water partition coefficient (Wildman–Crippen LogP) is 2.01. The molecule has 0 bridgehead atoms. The van der Waals surface area contributed by atoms with Crippen LogP contribution < -0.4 is 0 Å². The highest BCUT2D eigenvalue weighted by atomic mass is 127. The molecule has 13 heavy (non-hydrogen) atoms. The second-order valence-electron chi connectivity index (χ2n) is 2.34. The molecule has 3 nitrogen and oxygen atoms in total. The summed E-state index contributed by atoms with van der Waals surface area (Å²) in [5.41, 5.74) is -1.54. The lowest BCUT2D eigenvalue weighted by molar-refractivity contribution is -0.141. The van der Waals surface area contributed by atoms with Gasteiger partial charge in [-0.05, 0) is 0 Å². The van der Waals surface area contributed by atoms with Gasteiger partial charge in [-0.15, -0.1) is 0 Å². The molecule has 0 atom stereocenters. The van der Waals surface area contributed by atoms with E-state index in [-0.39, 0.29) is 0 Å². The molecule has 0 radical (unpaired) electrons. The van der Waals surface area contributed by atoms with Gasteiger partial charge in [0.05, 0.1) is 5.56 Å². The number of aromatic nitrogens is 2. The molecule has 72 valence electrons. The largest absolute Gasteiger partial charge is 0.435 e. The van der Waals surface area contributed by atoms with Crippen molar-refractivity contribution in [2.75, 3.05) is 0 Å². The Hall–Kier alpha value is -0.600. The third-order valence-corrected chi connectivity index (χ3v) is 1.89. The van der Waals surface area contributed by atoms with Gasteiger partial charge in [0.2, 0.25) is 3.79 Å². The van der Waals surface area contributed by atoms with E-state index >= 15 is 0 Å². The van der Waals surface area contributed by atoms with Gasteiger partial charge in [-0.25, -0.2) is 0 Å². The van der Waals surface area contributed by atoms with Gasteiger partial charge >= 0.3 is 6.18 Å². The molecule has 0 aromatic carbocycles. The number of carbonyl (C=O) groups excluding carboxylic acids is 1. The molecule has 0 amide bonds. The van der Waals surface area contributed by atoms with Crippen LogP contribution in [0.25, 0.3) is 0 Å². The van der Waals surface area contributed by atoms with Crippen molar-refractivity contribution in [1.29, 1.82) is 0 Å². The van der Waals surface area contributed by atoms with Crippen LogP contribution in [-0.2, 0) is 13.2 Å². The summed E-state index contributed by atoms with van der Waals surface area (Å²) >= 11 is 1.30. The summed E-state index contributed by atoms with van der Waals surface area (Å²) in [6.07, 6.45) is -3.52. The Labute approximate surface area is 85.1 Å². The van der Waals surface area contributed by atoms with Crippen molar-refractivity contribution in [2.45, 2.75) is 6.18 Å². The fourth-order valence-electron chi connectivity index (χ4n) is 0.842. The molecule has 0 N–H and O–H groups in total. The van der Waals surface area contributed by atoms with E-state index in [4.69, 9.17) is 0 Å². The molecule has 1 aromatic heterocycles. The molecule has 0 unspecified atom stereocenters. The van der Waals surface area contributed by atoms with Crippen LogP contribution in [0.1, 0.15) is 16.1 Å². The van der Waals surface area contributed by atoms with Crippen molar-refractivity contribution in [3.05, 3.63) is 17.5 Å². The van der Waals surface area contributed by atoms with Crippen LogP contribution in [-0.4, -0.2) is 13.6 Å². The summed E-state index contributed by atoms with van der Waals surface area (Å²) in [4.78, 5) is 10.8. The number of rotatable bonds is 1. The lowest BCUT2D eigenvalue weighted by Gasteiger charge is -2.02. The first kappa shape index (κ1) is 10.5. The molecule has 0 spiro atoms. The number of carbonyl (C=O) groups is 1. The maximum absolute atomic E-state index is 12.2. The zero-order chi connectivity index (χ0) is 10.2. The molecular weight excluding hydrogens is 300 g/mol. The molecule has 0 aliphatic carbocycles. The number of hydrogen-bond donors (Lipinski definition) is 0. The minimum absolute atomic E-state index is 0.407. The summed E-state index contributed by atoms with van der Waals surface area (Å²) in [5, 5.41) is 3.17. The lowest BCUT2D eigenvalue weighted by atomic mass is 10.3. The molecule has 1 heterocycles. The van der Waals surface area contributed by atoms with Gasteiger partial charge in [0.1, 0.15) is 0 Å². The Morgan fingerprint density at radius 1 is 1.62 bits per heavy atom. The van der Waals surface area contributed by atoms with Crippen molar-refractivity contribution in [3.8, 4) is 0 Å². The third-order valence-electron chi connectivity index (χ3n) is 1.31. The van der Waals surface area contributed by atoms with Crippen LogP contribution in [0.5, 0.6) is 0 Å². The predicted molar refractivity (Wildman–Crippen MR) is 46.6 cm³/mol. The minimum atomic E-state index is -4.57. The number of aryl methyl sites for hydroxylation is 1. The van der Waals surface area contributed by atoms with Gasteiger partial charge in [-0.1, -0.05) is 0 Å². The Morgan fingerprint density at radius 3 is 2.46 bits per heavy atom. The molecule has 0 aliphatic heterocycles. The van der Waals surface area contributed by atoms with Gasteiger partial charge in [-0.2, -0.15) is 18.3 Å². The highest BCUT2D eigenvalue weighted by molar-refractivity contribution is 14.1. The Balaban J connectivity index is 3.28. The Bertz CT molecular complexity index is 344. The first-order chi connectivity index (χ1) is 5.82. The zero-order valence-corrected chi connectivity index (χ0v) is 8.55. The molecule has 0 fully saturated rings. The monoisotopic (exact) mass is 304 g/mol. The van der Waals surface area contributed by atoms with Crippen molar-refractivity contribution in [1.82, 2.24) is 9.78 Å². The van der Waals surface area contributed by atoms with Gasteiger partial charge in [-0.3, -0.25) is 9.48 Å². The molecule has 0 saturated carbocycles. The van der Waals surface area contributed by atoms with Crippen molar-refractivity contribution in [2.24, 2.45) is 7.05 Å². The summed E-state index contributed by atoms with van der Waals surface area (Å²) in [5.74, 6) is 0. The van der Waals surface area contributed by atoms with Crippen LogP contribution in [0.3, 0.4) is 0 Å². The molecule has 0 aliphatic rings. The number of halogens is 4. The number of alkyl halides is 3. The van der Waals surface area contributed by atoms with E-state index in [1.165, 1.54) is 29.6 Å². The quantitative estimate of drug-likeness (QED) is 0.588. The summed E-state index contributed by atoms with van der Waals surface area (Å²) in [6, 6.07) is 0. The van der Waals surface area contributed by atoms with Gasteiger partial charge in [0.25, 0.3) is 0 Å². The zero-order valence-electron chi connectivity index (χ0n) is 6.39. The van der Waals surface area contributed by atoms with Crippen molar-refractivity contribution in [3.63, 3.8) is 0 Å². The molecular formula is C6H4F3IN2O. The lowest BCUT2D eigenvalue weighted by Crippen LogP contribution is -2.10. The number of hydrogen-bond acceptors (Lipinski definition) is 2. The Morgan fingerprint density at radius 2 is 2.15 bits per heavy atom. The average molecular weight is 304 g/mol. The van der Waals surface area contributed by atoms with Gasteiger partial charge < -0.3 is 0 Å². The maximum atomic E-state index is 12.2. The topological polar surface area (TPSA) is 34.9 Å². The normalized spacial score (nSPS) is 11.8. The van der Waals surface area contributed by atoms with Gasteiger partial charge in [0, 0.05) is 35.8 Å². The van der Waals surface area contributed by atoms with Crippen molar-refractivity contribution >= 4 is 26.4 Å². The third kappa shape index (κ3) is 2.20. The summed E-state index contributed by atoms with van der Waals surface area (Å²) < 4.78 is 36.9. The maximum Gasteiger partial charge on any atom is 0.435 e. The van der Waals surface area contributed by atoms with E-state index in [2.05, 4.69) is 5.10 Å². The fraction of sp³-hybridized carbons (Fsp3) is 0.333. The van der Waals surface area contributed by atoms with E-state index in [1.807, 2.05) is 0 Å². The second-order valence-corrected chi connectivity index (χ2v) is 3.32. The van der Waals surface area contributed by atoms with Crippen LogP contribution in [0.4, 0.5) is 13.2 Å². The molecule has 1 aromatic rings. The summed E-state index contributed by atoms with van der Waals surface area (Å²) in [7, 11) is 1.33. The first-order valence-electron chi connectivity index (χ1n) is 3.13. The van der Waals surface area contributed by atoms with E-state index in [1.54, 1.807) is 0 Å². The smallest absolute Gasteiger partial charge is 0.282 e. The Kier molecular flexibility index (Phi) is 2.64. The molecule has 7 heteroatoms. The first-order valence-corrected chi connectivity index (χ1v) is 4.21. The fourth-order valence-corrected chi connectivity index (χ4v) is 1.24. The molecule has 0 saturated heterocycles. The SMILES string of the molecule is Cn1cc(C(=O)I)c(C(F)(F)F)n1. The molecule has 1 rings (SSSR count). The highest BCUT2D eigenvalue weighted by Crippen LogP contribution is 2.31. The van der Waals surface area contributed by atoms with E-state index < -0.39 is 21.2 Å². The van der Waals surface area contributed by atoms with Crippen LogP contribution >= 0.6 is 22.6 Å². The van der Waals surface area contributed by atoms with Crippen molar-refractivity contribution < 1.29 is 18.0 Å². The van der Waals surface area contributed by atoms with Crippen LogP contribution in [0.15, 0.2) is 6.20 Å². The number of nitrogens with zero attached hydrogens (tertiary/aromatic N) is 2. The van der Waals surface area contributed by atoms with Gasteiger partial charge in [0.15, 0.2) is 5.69 Å². The van der Waals surface area contributed by atoms with Crippen LogP contribution in [0, 0.1) is 0 Å². The standard InChI is InChI=1S/C6H4F3IN2O/c1-12-2-3(5(10)13)4(11-12)6(7,8)9/h2H,1H3. The van der Waals surface area contributed by atoms with Crippen LogP contribution in [0.2, 0.25) is 0 Å².